The SMILES string of the molecule is N#Cc1cccc(S(=O)(=O)c2cc(Cl)cc(Cl)c2)c1. The van der Waals surface area contributed by atoms with Crippen LogP contribution in [0.15, 0.2) is 52.3 Å². The Morgan fingerprint density at radius 2 is 1.58 bits per heavy atom. The van der Waals surface area contributed by atoms with Crippen LogP contribution in [0.1, 0.15) is 5.56 Å². The molecule has 0 aromatic heterocycles. The summed E-state index contributed by atoms with van der Waals surface area (Å²) >= 11 is 11.6. The van der Waals surface area contributed by atoms with Crippen molar-refractivity contribution in [2.24, 2.45) is 0 Å². The number of hydrogen-bond donors (Lipinski definition) is 0. The van der Waals surface area contributed by atoms with Gasteiger partial charge in [0.1, 0.15) is 0 Å². The third-order valence-electron chi connectivity index (χ3n) is 2.42. The molecule has 0 aliphatic carbocycles. The van der Waals surface area contributed by atoms with Gasteiger partial charge in [-0.25, -0.2) is 8.42 Å². The van der Waals surface area contributed by atoms with E-state index in [4.69, 9.17) is 28.5 Å². The van der Waals surface area contributed by atoms with E-state index in [0.717, 1.165) is 0 Å². The first kappa shape index (κ1) is 13.9. The topological polar surface area (TPSA) is 57.9 Å². The Labute approximate surface area is 120 Å². The van der Waals surface area contributed by atoms with E-state index < -0.39 is 9.84 Å². The van der Waals surface area contributed by atoms with E-state index in [9.17, 15) is 8.42 Å². The van der Waals surface area contributed by atoms with Gasteiger partial charge < -0.3 is 0 Å². The van der Waals surface area contributed by atoms with Crippen molar-refractivity contribution in [3.8, 4) is 6.07 Å². The molecule has 2 aromatic carbocycles. The summed E-state index contributed by atoms with van der Waals surface area (Å²) < 4.78 is 24.8. The Morgan fingerprint density at radius 1 is 0.947 bits per heavy atom. The lowest BCUT2D eigenvalue weighted by Gasteiger charge is -2.06. The minimum absolute atomic E-state index is 0.0000831. The van der Waals surface area contributed by atoms with Gasteiger partial charge in [0.2, 0.25) is 9.84 Å². The van der Waals surface area contributed by atoms with Crippen molar-refractivity contribution in [1.82, 2.24) is 0 Å². The van der Waals surface area contributed by atoms with Crippen molar-refractivity contribution >= 4 is 33.0 Å². The van der Waals surface area contributed by atoms with Crippen LogP contribution in [0.5, 0.6) is 0 Å². The van der Waals surface area contributed by atoms with Crippen molar-refractivity contribution in [3.05, 3.63) is 58.1 Å². The maximum atomic E-state index is 12.4. The Bertz CT molecular complexity index is 759. The second-order valence-corrected chi connectivity index (χ2v) is 6.57. The predicted octanol–water partition coefficient (Wildman–Crippen LogP) is 3.70. The van der Waals surface area contributed by atoms with Crippen molar-refractivity contribution in [2.45, 2.75) is 9.79 Å². The molecular weight excluding hydrogens is 305 g/mol. The molecule has 0 spiro atoms. The first-order valence-electron chi connectivity index (χ1n) is 5.15. The second-order valence-electron chi connectivity index (χ2n) is 3.75. The van der Waals surface area contributed by atoms with Crippen LogP contribution in [-0.4, -0.2) is 8.42 Å². The average Bonchev–Trinajstić information content (AvgIpc) is 2.37. The first-order chi connectivity index (χ1) is 8.93. The third-order valence-corrected chi connectivity index (χ3v) is 4.59. The van der Waals surface area contributed by atoms with E-state index in [2.05, 4.69) is 0 Å². The zero-order chi connectivity index (χ0) is 14.0. The van der Waals surface area contributed by atoms with Crippen molar-refractivity contribution in [3.63, 3.8) is 0 Å². The number of sulfone groups is 1. The lowest BCUT2D eigenvalue weighted by molar-refractivity contribution is 0.596. The van der Waals surface area contributed by atoms with Crippen molar-refractivity contribution in [2.75, 3.05) is 0 Å². The van der Waals surface area contributed by atoms with E-state index in [-0.39, 0.29) is 25.4 Å². The number of hydrogen-bond acceptors (Lipinski definition) is 3. The zero-order valence-corrected chi connectivity index (χ0v) is 11.8. The first-order valence-corrected chi connectivity index (χ1v) is 7.39. The number of halogens is 2. The third kappa shape index (κ3) is 2.90. The molecule has 0 amide bonds. The van der Waals surface area contributed by atoms with E-state index in [0.29, 0.717) is 0 Å². The van der Waals surface area contributed by atoms with Gasteiger partial charge in [0.25, 0.3) is 0 Å². The number of rotatable bonds is 2. The van der Waals surface area contributed by atoms with Crippen LogP contribution in [0.4, 0.5) is 0 Å². The maximum absolute atomic E-state index is 12.4. The Morgan fingerprint density at radius 3 is 2.16 bits per heavy atom. The lowest BCUT2D eigenvalue weighted by Crippen LogP contribution is -2.02. The van der Waals surface area contributed by atoms with Crippen molar-refractivity contribution < 1.29 is 8.42 Å². The summed E-state index contributed by atoms with van der Waals surface area (Å²) in [4.78, 5) is 0.0324. The lowest BCUT2D eigenvalue weighted by atomic mass is 10.2. The van der Waals surface area contributed by atoms with Crippen LogP contribution in [0.25, 0.3) is 0 Å². The summed E-state index contributed by atoms with van der Waals surface area (Å²) in [5.41, 5.74) is 0.272. The molecule has 96 valence electrons. The quantitative estimate of drug-likeness (QED) is 0.849. The molecule has 2 aromatic rings. The summed E-state index contributed by atoms with van der Waals surface area (Å²) in [5, 5.41) is 9.28. The van der Waals surface area contributed by atoms with E-state index in [1.54, 1.807) is 0 Å². The van der Waals surface area contributed by atoms with Crippen LogP contribution in [-0.2, 0) is 9.84 Å². The largest absolute Gasteiger partial charge is 0.219 e. The normalized spacial score (nSPS) is 11.0. The highest BCUT2D eigenvalue weighted by atomic mass is 35.5. The van der Waals surface area contributed by atoms with Crippen molar-refractivity contribution in [1.29, 1.82) is 5.26 Å². The predicted molar refractivity (Wildman–Crippen MR) is 73.1 cm³/mol. The summed E-state index contributed by atoms with van der Waals surface area (Å²) in [7, 11) is -3.74. The summed E-state index contributed by atoms with van der Waals surface area (Å²) in [6, 6.07) is 11.8. The Kier molecular flexibility index (Phi) is 3.81. The van der Waals surface area contributed by atoms with Gasteiger partial charge >= 0.3 is 0 Å². The van der Waals surface area contributed by atoms with Crippen LogP contribution < -0.4 is 0 Å². The molecule has 0 radical (unpaired) electrons. The summed E-state index contributed by atoms with van der Waals surface area (Å²) in [5.74, 6) is 0. The molecule has 0 saturated heterocycles. The molecule has 6 heteroatoms. The molecule has 0 heterocycles. The fourth-order valence-corrected chi connectivity index (χ4v) is 3.58. The minimum Gasteiger partial charge on any atom is -0.219 e. The standard InChI is InChI=1S/C13H7Cl2NO2S/c14-10-5-11(15)7-13(6-10)19(17,18)12-3-1-2-9(4-12)8-16/h1-7H. The average molecular weight is 312 g/mol. The van der Waals surface area contributed by atoms with Gasteiger partial charge in [-0.2, -0.15) is 5.26 Å². The second kappa shape index (κ2) is 5.22. The monoisotopic (exact) mass is 311 g/mol. The number of nitrogens with zero attached hydrogens (tertiary/aromatic N) is 1. The van der Waals surface area contributed by atoms with Crippen LogP contribution >= 0.6 is 23.2 Å². The van der Waals surface area contributed by atoms with E-state index in [1.807, 2.05) is 6.07 Å². The van der Waals surface area contributed by atoms with Gasteiger partial charge in [-0.05, 0) is 36.4 Å². The van der Waals surface area contributed by atoms with Crippen LogP contribution in [0.2, 0.25) is 10.0 Å². The molecular formula is C13H7Cl2NO2S. The molecule has 0 aliphatic rings. The highest BCUT2D eigenvalue weighted by Crippen LogP contribution is 2.27. The Hall–Kier alpha value is -1.54. The van der Waals surface area contributed by atoms with Crippen LogP contribution in [0.3, 0.4) is 0 Å². The smallest absolute Gasteiger partial charge is 0.206 e. The highest BCUT2D eigenvalue weighted by Gasteiger charge is 2.19. The molecule has 19 heavy (non-hydrogen) atoms. The highest BCUT2D eigenvalue weighted by molar-refractivity contribution is 7.91. The molecule has 0 unspecified atom stereocenters. The maximum Gasteiger partial charge on any atom is 0.206 e. The minimum atomic E-state index is -3.74. The van der Waals surface area contributed by atoms with Gasteiger partial charge in [-0.15, -0.1) is 0 Å². The number of nitriles is 1. The molecule has 0 fully saturated rings. The summed E-state index contributed by atoms with van der Waals surface area (Å²) in [6.45, 7) is 0. The van der Waals surface area contributed by atoms with Gasteiger partial charge in [0.05, 0.1) is 21.4 Å². The molecule has 2 rings (SSSR count). The summed E-state index contributed by atoms with van der Waals surface area (Å²) in [6.07, 6.45) is 0. The van der Waals surface area contributed by atoms with E-state index >= 15 is 0 Å². The Balaban J connectivity index is 2.62. The van der Waals surface area contributed by atoms with Gasteiger partial charge in [-0.3, -0.25) is 0 Å². The van der Waals surface area contributed by atoms with Crippen LogP contribution in [0, 0.1) is 11.3 Å². The molecule has 0 saturated carbocycles. The molecule has 0 atom stereocenters. The molecule has 0 N–H and O–H groups in total. The zero-order valence-electron chi connectivity index (χ0n) is 9.47. The van der Waals surface area contributed by atoms with E-state index in [1.165, 1.54) is 42.5 Å². The fraction of sp³-hybridized carbons (Fsp3) is 0. The number of benzene rings is 2. The van der Waals surface area contributed by atoms with Gasteiger partial charge in [0, 0.05) is 10.0 Å². The molecule has 3 nitrogen and oxygen atoms in total. The van der Waals surface area contributed by atoms with Gasteiger partial charge in [0.15, 0.2) is 0 Å². The fourth-order valence-electron chi connectivity index (χ4n) is 1.55. The van der Waals surface area contributed by atoms with Gasteiger partial charge in [-0.1, -0.05) is 29.3 Å². The molecule has 0 aliphatic heterocycles. The molecule has 0 bridgehead atoms.